The molecule has 1 amide bonds. The van der Waals surface area contributed by atoms with Crippen molar-refractivity contribution in [3.63, 3.8) is 0 Å². The first-order valence-corrected chi connectivity index (χ1v) is 11.3. The summed E-state index contributed by atoms with van der Waals surface area (Å²) in [5.41, 5.74) is 1.43. The van der Waals surface area contributed by atoms with E-state index in [1.54, 1.807) is 36.4 Å². The lowest BCUT2D eigenvalue weighted by atomic mass is 9.84. The van der Waals surface area contributed by atoms with Crippen molar-refractivity contribution in [2.75, 3.05) is 18.4 Å². The maximum absolute atomic E-state index is 12.8. The summed E-state index contributed by atoms with van der Waals surface area (Å²) in [6.07, 6.45) is 0. The van der Waals surface area contributed by atoms with Gasteiger partial charge >= 0.3 is 0 Å². The van der Waals surface area contributed by atoms with E-state index in [0.717, 1.165) is 5.56 Å². The Morgan fingerprint density at radius 2 is 1.61 bits per heavy atom. The molecule has 0 spiro atoms. The molecule has 0 saturated heterocycles. The lowest BCUT2D eigenvalue weighted by Gasteiger charge is -2.25. The van der Waals surface area contributed by atoms with Gasteiger partial charge in [0.1, 0.15) is 5.75 Å². The Balaban J connectivity index is 1.75. The summed E-state index contributed by atoms with van der Waals surface area (Å²) in [6, 6.07) is 22.6. The van der Waals surface area contributed by atoms with Gasteiger partial charge < -0.3 is 10.1 Å². The predicted molar refractivity (Wildman–Crippen MR) is 122 cm³/mol. The van der Waals surface area contributed by atoms with Gasteiger partial charge in [-0.3, -0.25) is 9.52 Å². The molecule has 0 aromatic heterocycles. The molecule has 3 aromatic carbocycles. The highest BCUT2D eigenvalue weighted by Crippen LogP contribution is 2.26. The van der Waals surface area contributed by atoms with Crippen LogP contribution in [-0.2, 0) is 15.4 Å². The predicted octanol–water partition coefficient (Wildman–Crippen LogP) is 4.20. The Labute approximate surface area is 183 Å². The molecule has 0 aliphatic carbocycles. The van der Waals surface area contributed by atoms with Crippen molar-refractivity contribution in [2.24, 2.45) is 0 Å². The second-order valence-electron chi connectivity index (χ2n) is 7.77. The zero-order valence-corrected chi connectivity index (χ0v) is 18.6. The molecule has 0 radical (unpaired) electrons. The molecule has 162 valence electrons. The van der Waals surface area contributed by atoms with Gasteiger partial charge in [0.15, 0.2) is 0 Å². The van der Waals surface area contributed by atoms with Crippen LogP contribution >= 0.6 is 0 Å². The van der Waals surface area contributed by atoms with E-state index in [0.29, 0.717) is 18.0 Å². The molecule has 3 aromatic rings. The molecule has 0 bridgehead atoms. The minimum absolute atomic E-state index is 0.00613. The number of rotatable bonds is 8. The second-order valence-corrected chi connectivity index (χ2v) is 9.45. The number of nitrogens with one attached hydrogen (secondary N) is 2. The minimum atomic E-state index is -3.90. The third kappa shape index (κ3) is 5.44. The van der Waals surface area contributed by atoms with Gasteiger partial charge in [-0.2, -0.15) is 0 Å². The first-order valence-electron chi connectivity index (χ1n) is 9.82. The lowest BCUT2D eigenvalue weighted by molar-refractivity contribution is 0.0945. The second kappa shape index (κ2) is 9.22. The van der Waals surface area contributed by atoms with Crippen LogP contribution < -0.4 is 14.8 Å². The van der Waals surface area contributed by atoms with Crippen LogP contribution in [0.1, 0.15) is 29.8 Å². The number of anilines is 1. The number of hydrogen-bond acceptors (Lipinski definition) is 4. The van der Waals surface area contributed by atoms with Crippen molar-refractivity contribution in [3.05, 3.63) is 90.0 Å². The fraction of sp³-hybridized carbons (Fsp3) is 0.208. The van der Waals surface area contributed by atoms with Gasteiger partial charge in [0.05, 0.1) is 17.7 Å². The molecular weight excluding hydrogens is 412 g/mol. The largest absolute Gasteiger partial charge is 0.495 e. The van der Waals surface area contributed by atoms with E-state index in [9.17, 15) is 13.2 Å². The number of carbonyl (C=O) groups excluding carboxylic acids is 1. The summed E-state index contributed by atoms with van der Waals surface area (Å²) < 4.78 is 33.4. The topological polar surface area (TPSA) is 84.5 Å². The van der Waals surface area contributed by atoms with Gasteiger partial charge in [0, 0.05) is 17.5 Å². The number of para-hydroxylation sites is 2. The highest BCUT2D eigenvalue weighted by Gasteiger charge is 2.22. The first-order chi connectivity index (χ1) is 14.7. The molecule has 0 atom stereocenters. The highest BCUT2D eigenvalue weighted by molar-refractivity contribution is 7.92. The number of methoxy groups -OCH3 is 1. The van der Waals surface area contributed by atoms with Gasteiger partial charge in [-0.15, -0.1) is 0 Å². The molecule has 0 unspecified atom stereocenters. The van der Waals surface area contributed by atoms with E-state index < -0.39 is 10.0 Å². The lowest BCUT2D eigenvalue weighted by Crippen LogP contribution is -2.36. The van der Waals surface area contributed by atoms with Gasteiger partial charge in [0.2, 0.25) is 0 Å². The van der Waals surface area contributed by atoms with Crippen LogP contribution in [0.15, 0.2) is 83.8 Å². The van der Waals surface area contributed by atoms with Crippen LogP contribution in [0, 0.1) is 0 Å². The van der Waals surface area contributed by atoms with E-state index in [4.69, 9.17) is 4.74 Å². The van der Waals surface area contributed by atoms with Crippen molar-refractivity contribution < 1.29 is 17.9 Å². The highest BCUT2D eigenvalue weighted by atomic mass is 32.2. The van der Waals surface area contributed by atoms with Crippen LogP contribution in [-0.4, -0.2) is 28.0 Å². The average molecular weight is 439 g/mol. The minimum Gasteiger partial charge on any atom is -0.495 e. The monoisotopic (exact) mass is 438 g/mol. The molecule has 2 N–H and O–H groups in total. The van der Waals surface area contributed by atoms with E-state index >= 15 is 0 Å². The van der Waals surface area contributed by atoms with E-state index in [2.05, 4.69) is 10.0 Å². The van der Waals surface area contributed by atoms with Crippen LogP contribution in [0.25, 0.3) is 0 Å². The molecular formula is C24H26N2O4S. The molecule has 7 heteroatoms. The van der Waals surface area contributed by atoms with Crippen LogP contribution in [0.4, 0.5) is 5.69 Å². The maximum atomic E-state index is 12.8. The van der Waals surface area contributed by atoms with Gasteiger partial charge in [-0.1, -0.05) is 62.4 Å². The summed E-state index contributed by atoms with van der Waals surface area (Å²) in [7, 11) is -2.43. The summed E-state index contributed by atoms with van der Waals surface area (Å²) >= 11 is 0. The fourth-order valence-corrected chi connectivity index (χ4v) is 4.25. The smallest absolute Gasteiger partial charge is 0.262 e. The standard InChI is InChI=1S/C24H26N2O4S/c1-24(2,19-11-5-4-6-12-19)17-25-23(27)18-10-9-13-20(16-18)31(28,29)26-21-14-7-8-15-22(21)30-3/h4-16,26H,17H2,1-3H3,(H,25,27). The Bertz CT molecular complexity index is 1160. The molecule has 0 fully saturated rings. The quantitative estimate of drug-likeness (QED) is 0.552. The fourth-order valence-electron chi connectivity index (χ4n) is 3.13. The number of benzene rings is 3. The van der Waals surface area contributed by atoms with Crippen molar-refractivity contribution in [2.45, 2.75) is 24.2 Å². The van der Waals surface area contributed by atoms with Gasteiger partial charge in [-0.25, -0.2) is 8.42 Å². The number of hydrogen-bond donors (Lipinski definition) is 2. The number of ether oxygens (including phenoxy) is 1. The molecule has 31 heavy (non-hydrogen) atoms. The molecule has 3 rings (SSSR count). The number of sulfonamides is 1. The molecule has 0 aliphatic heterocycles. The van der Waals surface area contributed by atoms with Crippen molar-refractivity contribution in [1.82, 2.24) is 5.32 Å². The maximum Gasteiger partial charge on any atom is 0.262 e. The normalized spacial score (nSPS) is 11.6. The summed E-state index contributed by atoms with van der Waals surface area (Å²) in [5, 5.41) is 2.91. The Hall–Kier alpha value is -3.32. The van der Waals surface area contributed by atoms with Gasteiger partial charge in [-0.05, 0) is 35.9 Å². The number of amides is 1. The Morgan fingerprint density at radius 1 is 0.935 bits per heavy atom. The van der Waals surface area contributed by atoms with Crippen molar-refractivity contribution in [1.29, 1.82) is 0 Å². The van der Waals surface area contributed by atoms with Crippen molar-refractivity contribution >= 4 is 21.6 Å². The summed E-state index contributed by atoms with van der Waals surface area (Å²) in [4.78, 5) is 12.7. The summed E-state index contributed by atoms with van der Waals surface area (Å²) in [5.74, 6) is 0.0708. The summed E-state index contributed by atoms with van der Waals surface area (Å²) in [6.45, 7) is 4.49. The third-order valence-corrected chi connectivity index (χ3v) is 6.37. The van der Waals surface area contributed by atoms with Crippen LogP contribution in [0.3, 0.4) is 0 Å². The Morgan fingerprint density at radius 3 is 2.32 bits per heavy atom. The molecule has 0 heterocycles. The van der Waals surface area contributed by atoms with Crippen LogP contribution in [0.5, 0.6) is 5.75 Å². The molecule has 0 saturated carbocycles. The average Bonchev–Trinajstić information content (AvgIpc) is 2.78. The zero-order chi connectivity index (χ0) is 22.5. The number of carbonyl (C=O) groups is 1. The van der Waals surface area contributed by atoms with Crippen LogP contribution in [0.2, 0.25) is 0 Å². The van der Waals surface area contributed by atoms with Gasteiger partial charge in [0.25, 0.3) is 15.9 Å². The van der Waals surface area contributed by atoms with Crippen molar-refractivity contribution in [3.8, 4) is 5.75 Å². The molecule has 0 aliphatic rings. The van der Waals surface area contributed by atoms with E-state index in [-0.39, 0.29) is 21.8 Å². The SMILES string of the molecule is COc1ccccc1NS(=O)(=O)c1cccc(C(=O)NCC(C)(C)c2ccccc2)c1. The third-order valence-electron chi connectivity index (χ3n) is 5.00. The molecule has 6 nitrogen and oxygen atoms in total. The van der Waals surface area contributed by atoms with E-state index in [1.165, 1.54) is 19.2 Å². The first kappa shape index (κ1) is 22.4. The van der Waals surface area contributed by atoms with E-state index in [1.807, 2.05) is 44.2 Å². The zero-order valence-electron chi connectivity index (χ0n) is 17.8. The Kier molecular flexibility index (Phi) is 6.65.